The van der Waals surface area contributed by atoms with Gasteiger partial charge in [0.05, 0.1) is 11.9 Å². The van der Waals surface area contributed by atoms with Crippen LogP contribution in [-0.2, 0) is 14.8 Å². The average Bonchev–Trinajstić information content (AvgIpc) is 3.07. The first-order chi connectivity index (χ1) is 15.8. The first-order valence-electron chi connectivity index (χ1n) is 11.2. The van der Waals surface area contributed by atoms with Gasteiger partial charge in [-0.15, -0.1) is 0 Å². The zero-order valence-electron chi connectivity index (χ0n) is 19.6. The third-order valence-corrected chi connectivity index (χ3v) is 8.66. The summed E-state index contributed by atoms with van der Waals surface area (Å²) in [6.07, 6.45) is 1.19. The number of aromatic nitrogens is 3. The molecule has 0 saturated carbocycles. The molecule has 2 aromatic rings. The number of nitrogens with one attached hydrogen (secondary N) is 1. The average molecular weight is 514 g/mol. The number of likely N-dealkylation sites (tertiary alicyclic amines) is 1. The molecule has 1 amide bonds. The summed E-state index contributed by atoms with van der Waals surface area (Å²) in [6, 6.07) is 2.82. The van der Waals surface area contributed by atoms with Crippen LogP contribution in [0.4, 0.5) is 9.18 Å². The monoisotopic (exact) mass is 513 g/mol. The van der Waals surface area contributed by atoms with E-state index in [4.69, 9.17) is 16.3 Å². The summed E-state index contributed by atoms with van der Waals surface area (Å²) in [5.41, 5.74) is 0.577. The van der Waals surface area contributed by atoms with E-state index in [0.717, 1.165) is 11.9 Å². The number of hydrogen-bond acceptors (Lipinski definition) is 6. The topological polar surface area (TPSA) is 108 Å². The van der Waals surface area contributed by atoms with Gasteiger partial charge >= 0.3 is 6.09 Å². The number of H-pyrrole nitrogens is 1. The van der Waals surface area contributed by atoms with E-state index in [1.807, 2.05) is 6.92 Å². The normalized spacial score (nSPS) is 22.5. The fourth-order valence-corrected chi connectivity index (χ4v) is 6.56. The fourth-order valence-electron chi connectivity index (χ4n) is 4.33. The van der Waals surface area contributed by atoms with Crippen molar-refractivity contribution in [2.24, 2.45) is 5.92 Å². The van der Waals surface area contributed by atoms with Crippen LogP contribution in [0.3, 0.4) is 0 Å². The Hall–Kier alpha value is -2.24. The number of carbonyl (C=O) groups is 1. The van der Waals surface area contributed by atoms with Gasteiger partial charge in [-0.25, -0.2) is 31.9 Å². The first kappa shape index (κ1) is 24.9. The Morgan fingerprint density at radius 3 is 2.56 bits per heavy atom. The maximum Gasteiger partial charge on any atom is 0.410 e. The quantitative estimate of drug-likeness (QED) is 0.668. The molecule has 0 spiro atoms. The molecule has 9 nitrogen and oxygen atoms in total. The van der Waals surface area contributed by atoms with Gasteiger partial charge in [-0.2, -0.15) is 0 Å². The van der Waals surface area contributed by atoms with E-state index in [2.05, 4.69) is 15.0 Å². The van der Waals surface area contributed by atoms with E-state index >= 15 is 0 Å². The molecule has 186 valence electrons. The number of nitrogens with zero attached hydrogens (tertiary/aromatic N) is 4. The van der Waals surface area contributed by atoms with Gasteiger partial charge in [0.2, 0.25) is 10.0 Å². The Kier molecular flexibility index (Phi) is 6.65. The molecule has 0 bridgehead atoms. The van der Waals surface area contributed by atoms with Gasteiger partial charge in [0.1, 0.15) is 22.4 Å². The molecule has 2 atom stereocenters. The highest BCUT2D eigenvalue weighted by Gasteiger charge is 2.46. The van der Waals surface area contributed by atoms with E-state index in [0.29, 0.717) is 36.2 Å². The van der Waals surface area contributed by atoms with Crippen LogP contribution in [0.2, 0.25) is 5.15 Å². The number of rotatable bonds is 4. The Balaban J connectivity index is 1.39. The zero-order valence-corrected chi connectivity index (χ0v) is 21.2. The molecule has 0 aromatic carbocycles. The largest absolute Gasteiger partial charge is 0.444 e. The lowest BCUT2D eigenvalue weighted by atomic mass is 9.86. The molecule has 34 heavy (non-hydrogen) atoms. The van der Waals surface area contributed by atoms with Gasteiger partial charge in [-0.3, -0.25) is 0 Å². The summed E-state index contributed by atoms with van der Waals surface area (Å²) < 4.78 is 46.3. The van der Waals surface area contributed by atoms with Gasteiger partial charge in [-0.05, 0) is 45.2 Å². The number of ether oxygens (including phenoxy) is 1. The number of pyridine rings is 1. The van der Waals surface area contributed by atoms with Gasteiger partial charge in [0, 0.05) is 32.1 Å². The van der Waals surface area contributed by atoms with E-state index in [-0.39, 0.29) is 24.9 Å². The second-order valence-corrected chi connectivity index (χ2v) is 12.5. The maximum atomic E-state index is 13.2. The minimum atomic E-state index is -3.55. The number of piperidine rings is 1. The molecule has 2 aromatic heterocycles. The number of amides is 1. The first-order valence-corrected chi connectivity index (χ1v) is 13.1. The highest BCUT2D eigenvalue weighted by Crippen LogP contribution is 2.38. The van der Waals surface area contributed by atoms with Gasteiger partial charge in [-0.1, -0.05) is 18.5 Å². The van der Waals surface area contributed by atoms with Crippen molar-refractivity contribution in [3.05, 3.63) is 35.0 Å². The molecule has 12 heteroatoms. The van der Waals surface area contributed by atoms with Crippen LogP contribution >= 0.6 is 11.6 Å². The molecule has 2 fully saturated rings. The molecule has 0 radical (unpaired) electrons. The minimum absolute atomic E-state index is 0.0136. The molecule has 2 aliphatic rings. The summed E-state index contributed by atoms with van der Waals surface area (Å²) in [7, 11) is -3.55. The smallest absolute Gasteiger partial charge is 0.410 e. The Bertz CT molecular complexity index is 1160. The predicted molar refractivity (Wildman–Crippen MR) is 125 cm³/mol. The second-order valence-electron chi connectivity index (χ2n) is 9.93. The van der Waals surface area contributed by atoms with E-state index in [1.54, 1.807) is 20.8 Å². The van der Waals surface area contributed by atoms with Crippen molar-refractivity contribution < 1.29 is 22.3 Å². The zero-order chi connectivity index (χ0) is 24.8. The van der Waals surface area contributed by atoms with Crippen LogP contribution < -0.4 is 0 Å². The summed E-state index contributed by atoms with van der Waals surface area (Å²) in [6.45, 7) is 8.25. The van der Waals surface area contributed by atoms with Crippen molar-refractivity contribution in [2.45, 2.75) is 50.9 Å². The lowest BCUT2D eigenvalue weighted by Gasteiger charge is -2.43. The van der Waals surface area contributed by atoms with Gasteiger partial charge < -0.3 is 14.6 Å². The van der Waals surface area contributed by atoms with Gasteiger partial charge in [0.15, 0.2) is 11.0 Å². The summed E-state index contributed by atoms with van der Waals surface area (Å²) in [5.74, 6) is -0.0266. The van der Waals surface area contributed by atoms with E-state index < -0.39 is 32.8 Å². The number of halogens is 2. The van der Waals surface area contributed by atoms with Gasteiger partial charge in [0.25, 0.3) is 0 Å². The van der Waals surface area contributed by atoms with Crippen molar-refractivity contribution in [2.75, 3.05) is 26.2 Å². The van der Waals surface area contributed by atoms with Crippen molar-refractivity contribution in [1.29, 1.82) is 0 Å². The molecular weight excluding hydrogens is 485 g/mol. The third-order valence-electron chi connectivity index (χ3n) is 6.17. The predicted octanol–water partition coefficient (Wildman–Crippen LogP) is 3.64. The van der Waals surface area contributed by atoms with Crippen molar-refractivity contribution >= 4 is 27.7 Å². The van der Waals surface area contributed by atoms with E-state index in [9.17, 15) is 17.6 Å². The maximum absolute atomic E-state index is 13.2. The Labute approximate surface area is 203 Å². The fraction of sp³-hybridized carbons (Fsp3) is 0.591. The Morgan fingerprint density at radius 1 is 1.26 bits per heavy atom. The summed E-state index contributed by atoms with van der Waals surface area (Å²) in [4.78, 5) is 25.1. The van der Waals surface area contributed by atoms with Crippen LogP contribution in [0.5, 0.6) is 0 Å². The molecule has 0 aliphatic carbocycles. The standard InChI is InChI=1S/C22H29ClFN5O4S/c1-13-10-29(34(31,32)15-11-28(12-15)21(30)33-22(2,3)4)8-7-16(13)18-19(23)27-20(26-18)17-6-5-14(24)9-25-17/h5-6,9,13,15-16H,7-8,10-12H2,1-4H3,(H,26,27)/t13-,16+/m0/s1. The van der Waals surface area contributed by atoms with Crippen molar-refractivity contribution in [1.82, 2.24) is 24.2 Å². The number of imidazole rings is 1. The van der Waals surface area contributed by atoms with Crippen LogP contribution in [0.1, 0.15) is 45.7 Å². The summed E-state index contributed by atoms with van der Waals surface area (Å²) >= 11 is 6.40. The minimum Gasteiger partial charge on any atom is -0.444 e. The lowest BCUT2D eigenvalue weighted by Crippen LogP contribution is -2.61. The van der Waals surface area contributed by atoms with Crippen LogP contribution in [-0.4, -0.2) is 75.7 Å². The number of sulfonamides is 1. The highest BCUT2D eigenvalue weighted by molar-refractivity contribution is 7.89. The summed E-state index contributed by atoms with van der Waals surface area (Å²) in [5, 5.41) is -0.322. The molecule has 1 N–H and O–H groups in total. The molecule has 4 rings (SSSR count). The van der Waals surface area contributed by atoms with Crippen molar-refractivity contribution in [3.8, 4) is 11.5 Å². The lowest BCUT2D eigenvalue weighted by molar-refractivity contribution is 0.0135. The molecule has 4 heterocycles. The molecule has 2 saturated heterocycles. The van der Waals surface area contributed by atoms with E-state index in [1.165, 1.54) is 21.3 Å². The number of carbonyl (C=O) groups excluding carboxylic acids is 1. The van der Waals surface area contributed by atoms with Crippen LogP contribution in [0, 0.1) is 11.7 Å². The Morgan fingerprint density at radius 2 is 1.97 bits per heavy atom. The van der Waals surface area contributed by atoms with Crippen LogP contribution in [0.25, 0.3) is 11.5 Å². The van der Waals surface area contributed by atoms with Crippen molar-refractivity contribution in [3.63, 3.8) is 0 Å². The SMILES string of the molecule is C[C@H]1CN(S(=O)(=O)C2CN(C(=O)OC(C)(C)C)C2)CC[C@H]1c1[nH]c(-c2ccc(F)cn2)nc1Cl. The molecule has 0 unspecified atom stereocenters. The molecular formula is C22H29ClFN5O4S. The molecule has 2 aliphatic heterocycles. The number of hydrogen-bond donors (Lipinski definition) is 1. The number of aromatic amines is 1. The van der Waals surface area contributed by atoms with Crippen LogP contribution in [0.15, 0.2) is 18.3 Å². The second kappa shape index (κ2) is 9.09. The highest BCUT2D eigenvalue weighted by atomic mass is 35.5. The third kappa shape index (κ3) is 5.06.